The molecule has 2 heterocycles. The zero-order chi connectivity index (χ0) is 17.3. The number of anilines is 2. The molecule has 3 rings (SSSR count). The van der Waals surface area contributed by atoms with Gasteiger partial charge in [-0.1, -0.05) is 12.1 Å². The lowest BCUT2D eigenvalue weighted by atomic mass is 9.86. The number of hydrogen-bond donors (Lipinski definition) is 1. The predicted molar refractivity (Wildman–Crippen MR) is 89.7 cm³/mol. The second kappa shape index (κ2) is 5.91. The van der Waals surface area contributed by atoms with Gasteiger partial charge in [0.25, 0.3) is 5.78 Å². The Kier molecular flexibility index (Phi) is 3.91. The number of fused-ring (bicyclic) bond motifs is 1. The molecule has 122 valence electrons. The highest BCUT2D eigenvalue weighted by molar-refractivity contribution is 5.62. The summed E-state index contributed by atoms with van der Waals surface area (Å²) in [6.07, 6.45) is 2.27. The molecule has 1 N–H and O–H groups in total. The van der Waals surface area contributed by atoms with Crippen LogP contribution >= 0.6 is 0 Å². The highest BCUT2D eigenvalue weighted by Crippen LogP contribution is 2.30. The summed E-state index contributed by atoms with van der Waals surface area (Å²) in [6, 6.07) is 11.6. The van der Waals surface area contributed by atoms with Crippen molar-refractivity contribution < 1.29 is 5.11 Å². The highest BCUT2D eigenvalue weighted by atomic mass is 16.3. The van der Waals surface area contributed by atoms with Crippen LogP contribution in [0.2, 0.25) is 0 Å². The maximum Gasteiger partial charge on any atom is 0.254 e. The normalized spacial score (nSPS) is 12.8. The van der Waals surface area contributed by atoms with Gasteiger partial charge in [0.05, 0.1) is 11.5 Å². The van der Waals surface area contributed by atoms with Crippen molar-refractivity contribution in [3.05, 3.63) is 48.4 Å². The van der Waals surface area contributed by atoms with Gasteiger partial charge < -0.3 is 10.0 Å². The first-order valence-electron chi connectivity index (χ1n) is 7.58. The van der Waals surface area contributed by atoms with E-state index in [1.807, 2.05) is 38.1 Å². The fourth-order valence-corrected chi connectivity index (χ4v) is 2.55. The van der Waals surface area contributed by atoms with E-state index >= 15 is 0 Å². The molecule has 2 aromatic heterocycles. The van der Waals surface area contributed by atoms with E-state index in [0.717, 1.165) is 11.3 Å². The van der Waals surface area contributed by atoms with Gasteiger partial charge in [0.2, 0.25) is 0 Å². The topological polar surface area (TPSA) is 90.3 Å². The molecule has 0 bridgehead atoms. The maximum atomic E-state index is 10.3. The molecule has 0 amide bonds. The van der Waals surface area contributed by atoms with Crippen LogP contribution < -0.4 is 4.90 Å². The van der Waals surface area contributed by atoms with Crippen molar-refractivity contribution in [2.75, 3.05) is 4.90 Å². The van der Waals surface area contributed by atoms with Crippen molar-refractivity contribution in [1.29, 1.82) is 5.26 Å². The lowest BCUT2D eigenvalue weighted by Crippen LogP contribution is -2.30. The first-order valence-corrected chi connectivity index (χ1v) is 7.58. The van der Waals surface area contributed by atoms with Gasteiger partial charge in [-0.15, -0.1) is 0 Å². The van der Waals surface area contributed by atoms with Gasteiger partial charge in [0.1, 0.15) is 18.4 Å². The fourth-order valence-electron chi connectivity index (χ4n) is 2.55. The number of hydrogen-bond acceptors (Lipinski definition) is 6. The number of nitriles is 1. The minimum atomic E-state index is -0.783. The van der Waals surface area contributed by atoms with Crippen molar-refractivity contribution in [3.8, 4) is 6.07 Å². The molecule has 0 aliphatic rings. The summed E-state index contributed by atoms with van der Waals surface area (Å²) in [5.74, 6) is 1.11. The Bertz CT molecular complexity index is 891. The van der Waals surface area contributed by atoms with Gasteiger partial charge in [-0.05, 0) is 44.5 Å². The van der Waals surface area contributed by atoms with Gasteiger partial charge in [-0.3, -0.25) is 0 Å². The first kappa shape index (κ1) is 15.9. The van der Waals surface area contributed by atoms with Gasteiger partial charge in [0, 0.05) is 11.9 Å². The quantitative estimate of drug-likeness (QED) is 0.742. The van der Waals surface area contributed by atoms with Crippen LogP contribution in [0.1, 0.15) is 26.3 Å². The summed E-state index contributed by atoms with van der Waals surface area (Å²) in [5.41, 5.74) is 1.13. The Labute approximate surface area is 139 Å². The summed E-state index contributed by atoms with van der Waals surface area (Å²) in [4.78, 5) is 9.94. The number of aliphatic hydroxyl groups excluding tert-OH is 1. The van der Waals surface area contributed by atoms with Crippen LogP contribution in [0.15, 0.2) is 42.9 Å². The van der Waals surface area contributed by atoms with E-state index in [4.69, 9.17) is 0 Å². The number of aromatic nitrogens is 4. The van der Waals surface area contributed by atoms with E-state index in [-0.39, 0.29) is 0 Å². The molecule has 0 aliphatic heterocycles. The minimum Gasteiger partial charge on any atom is -0.373 e. The number of aliphatic hydroxyl groups is 1. The van der Waals surface area contributed by atoms with Crippen molar-refractivity contribution in [2.24, 2.45) is 0 Å². The predicted octanol–water partition coefficient (Wildman–Crippen LogP) is 2.40. The fraction of sp³-hybridized carbons (Fsp3) is 0.294. The third kappa shape index (κ3) is 2.68. The minimum absolute atomic E-state index is 0.459. The monoisotopic (exact) mass is 322 g/mol. The first-order chi connectivity index (χ1) is 11.4. The molecule has 0 saturated carbocycles. The summed E-state index contributed by atoms with van der Waals surface area (Å²) in [5, 5.41) is 23.7. The molecule has 24 heavy (non-hydrogen) atoms. The third-order valence-corrected chi connectivity index (χ3v) is 3.93. The van der Waals surface area contributed by atoms with E-state index in [0.29, 0.717) is 11.6 Å². The molecule has 1 aromatic carbocycles. The molecule has 0 aliphatic carbocycles. The molecule has 7 heteroatoms. The van der Waals surface area contributed by atoms with Gasteiger partial charge in [-0.25, -0.2) is 4.98 Å². The van der Waals surface area contributed by atoms with Crippen LogP contribution in [0.25, 0.3) is 5.78 Å². The molecule has 3 aromatic rings. The zero-order valence-electron chi connectivity index (χ0n) is 13.7. The smallest absolute Gasteiger partial charge is 0.254 e. The molecule has 1 atom stereocenters. The molecule has 0 radical (unpaired) electrons. The maximum absolute atomic E-state index is 10.3. The van der Waals surface area contributed by atoms with E-state index < -0.39 is 11.6 Å². The number of rotatable bonds is 4. The molecule has 1 unspecified atom stereocenters. The van der Waals surface area contributed by atoms with Crippen LogP contribution in [-0.2, 0) is 5.41 Å². The molecular weight excluding hydrogens is 304 g/mol. The van der Waals surface area contributed by atoms with E-state index in [1.165, 1.54) is 6.33 Å². The number of benzene rings is 1. The van der Waals surface area contributed by atoms with E-state index in [9.17, 15) is 10.4 Å². The largest absolute Gasteiger partial charge is 0.373 e. The Morgan fingerprint density at radius 3 is 2.54 bits per heavy atom. The van der Waals surface area contributed by atoms with Crippen molar-refractivity contribution in [3.63, 3.8) is 0 Å². The van der Waals surface area contributed by atoms with Crippen LogP contribution in [0.4, 0.5) is 11.5 Å². The second-order valence-electron chi connectivity index (χ2n) is 6.06. The molecular formula is C17H18N6O. The molecule has 0 fully saturated rings. The Morgan fingerprint density at radius 1 is 1.21 bits per heavy atom. The highest BCUT2D eigenvalue weighted by Gasteiger charge is 2.22. The summed E-state index contributed by atoms with van der Waals surface area (Å²) in [7, 11) is 0. The van der Waals surface area contributed by atoms with Crippen molar-refractivity contribution in [1.82, 2.24) is 19.6 Å². The van der Waals surface area contributed by atoms with Crippen LogP contribution in [0.3, 0.4) is 0 Å². The Hall–Kier alpha value is -2.98. The second-order valence-corrected chi connectivity index (χ2v) is 6.06. The molecule has 7 nitrogen and oxygen atoms in total. The van der Waals surface area contributed by atoms with Crippen LogP contribution in [-0.4, -0.2) is 30.9 Å². The summed E-state index contributed by atoms with van der Waals surface area (Å²) < 4.78 is 1.57. The molecule has 0 saturated heterocycles. The lowest BCUT2D eigenvalue weighted by molar-refractivity contribution is 0.200. The van der Waals surface area contributed by atoms with Crippen LogP contribution in [0, 0.1) is 11.3 Å². The average Bonchev–Trinajstić information content (AvgIpc) is 3.05. The number of nitrogens with zero attached hydrogens (tertiary/aromatic N) is 6. The standard InChI is InChI=1S/C17H18N6O/c1-12(24)22(15-8-9-19-16-20-11-21-23(15)16)14-6-4-13(5-7-14)17(2,3)10-18/h4-9,11-12,24H,1-3H3. The van der Waals surface area contributed by atoms with Gasteiger partial charge >= 0.3 is 0 Å². The lowest BCUT2D eigenvalue weighted by Gasteiger charge is -2.28. The third-order valence-electron chi connectivity index (χ3n) is 3.93. The van der Waals surface area contributed by atoms with E-state index in [2.05, 4.69) is 21.1 Å². The van der Waals surface area contributed by atoms with Gasteiger partial charge in [-0.2, -0.15) is 19.9 Å². The average molecular weight is 322 g/mol. The van der Waals surface area contributed by atoms with Crippen molar-refractivity contribution >= 4 is 17.3 Å². The Balaban J connectivity index is 2.07. The Morgan fingerprint density at radius 2 is 1.92 bits per heavy atom. The van der Waals surface area contributed by atoms with Crippen molar-refractivity contribution in [2.45, 2.75) is 32.4 Å². The van der Waals surface area contributed by atoms with Gasteiger partial charge in [0.15, 0.2) is 0 Å². The summed E-state index contributed by atoms with van der Waals surface area (Å²) >= 11 is 0. The SMILES string of the molecule is CC(O)N(c1ccc(C(C)(C)C#N)cc1)c1ccnc2ncnn12. The summed E-state index contributed by atoms with van der Waals surface area (Å²) in [6.45, 7) is 5.42. The molecule has 0 spiro atoms. The van der Waals surface area contributed by atoms with Crippen LogP contribution in [0.5, 0.6) is 0 Å². The van der Waals surface area contributed by atoms with E-state index in [1.54, 1.807) is 28.6 Å². The zero-order valence-corrected chi connectivity index (χ0v) is 13.7.